The molecule has 2 aliphatic rings. The number of pyridine rings is 2. The smallest absolute Gasteiger partial charge is 0.246 e. The first-order chi connectivity index (χ1) is 36.0. The van der Waals surface area contributed by atoms with Crippen LogP contribution >= 0.6 is 11.3 Å². The molecule has 5 heterocycles. The lowest BCUT2D eigenvalue weighted by Crippen LogP contribution is -2.57. The summed E-state index contributed by atoms with van der Waals surface area (Å²) in [5.74, 6) is -0.422. The fourth-order valence-corrected chi connectivity index (χ4v) is 10.5. The van der Waals surface area contributed by atoms with Crippen LogP contribution in [0.1, 0.15) is 81.7 Å². The molecular weight excluding hydrogens is 967 g/mol. The van der Waals surface area contributed by atoms with E-state index in [1.54, 1.807) is 17.5 Å². The minimum Gasteiger partial charge on any atom is -0.391 e. The van der Waals surface area contributed by atoms with E-state index in [9.17, 15) is 24.3 Å². The molecule has 7 aromatic rings. The minimum atomic E-state index is -0.971. The molecule has 8 N–H and O–H groups in total. The van der Waals surface area contributed by atoms with Crippen molar-refractivity contribution in [2.24, 2.45) is 11.1 Å². The van der Waals surface area contributed by atoms with Crippen LogP contribution < -0.4 is 27.4 Å². The molecule has 1 saturated carbocycles. The molecule has 0 radical (unpaired) electrons. The number of nitrogens with one attached hydrogen (secondary N) is 3. The summed E-state index contributed by atoms with van der Waals surface area (Å²) >= 11 is 1.57. The molecule has 0 bridgehead atoms. The number of aliphatic hydroxyl groups is 1. The molecule has 9 rings (SSSR count). The predicted molar refractivity (Wildman–Crippen MR) is 290 cm³/mol. The maximum atomic E-state index is 14.1. The first kappa shape index (κ1) is 52.5. The van der Waals surface area contributed by atoms with Crippen LogP contribution in [0.25, 0.3) is 49.9 Å². The lowest BCUT2D eigenvalue weighted by molar-refractivity contribution is -0.144. The molecule has 75 heavy (non-hydrogen) atoms. The third-order valence-electron chi connectivity index (χ3n) is 14.1. The van der Waals surface area contributed by atoms with Gasteiger partial charge in [-0.3, -0.25) is 23.7 Å². The van der Waals surface area contributed by atoms with Gasteiger partial charge in [-0.25, -0.2) is 19.9 Å². The maximum Gasteiger partial charge on any atom is 0.246 e. The zero-order valence-electron chi connectivity index (χ0n) is 42.8. The van der Waals surface area contributed by atoms with E-state index in [4.69, 9.17) is 26.2 Å². The van der Waals surface area contributed by atoms with Crippen LogP contribution in [-0.4, -0.2) is 103 Å². The van der Waals surface area contributed by atoms with E-state index in [0.29, 0.717) is 41.3 Å². The Morgan fingerprint density at radius 1 is 0.880 bits per heavy atom. The molecule has 1 saturated heterocycles. The Morgan fingerprint density at radius 3 is 2.33 bits per heavy atom. The summed E-state index contributed by atoms with van der Waals surface area (Å²) in [6.07, 6.45) is 4.55. The van der Waals surface area contributed by atoms with Crippen LogP contribution in [0.5, 0.6) is 0 Å². The number of likely N-dealkylation sites (tertiary alicyclic amines) is 1. The third kappa shape index (κ3) is 12.1. The van der Waals surface area contributed by atoms with Gasteiger partial charge in [0.25, 0.3) is 0 Å². The summed E-state index contributed by atoms with van der Waals surface area (Å²) in [5.41, 5.74) is 23.5. The number of rotatable bonds is 19. The van der Waals surface area contributed by atoms with Crippen molar-refractivity contribution >= 4 is 51.9 Å². The van der Waals surface area contributed by atoms with E-state index in [2.05, 4.69) is 56.3 Å². The number of nitrogens with zero attached hydrogens (tertiary/aromatic N) is 6. The zero-order chi connectivity index (χ0) is 52.9. The topological polar surface area (TPSA) is 246 Å². The van der Waals surface area contributed by atoms with Crippen molar-refractivity contribution < 1.29 is 29.0 Å². The van der Waals surface area contributed by atoms with Gasteiger partial charge in [0.1, 0.15) is 23.4 Å². The van der Waals surface area contributed by atoms with Crippen LogP contribution in [0.3, 0.4) is 0 Å². The number of hydrogen-bond acceptors (Lipinski definition) is 13. The minimum absolute atomic E-state index is 0.0271. The molecule has 0 spiro atoms. The van der Waals surface area contributed by atoms with E-state index < -0.39 is 35.4 Å². The number of amides is 4. The second kappa shape index (κ2) is 22.6. The second-order valence-corrected chi connectivity index (χ2v) is 21.5. The molecule has 2 fully saturated rings. The Morgan fingerprint density at radius 2 is 1.64 bits per heavy atom. The molecule has 1 aliphatic carbocycles. The highest BCUT2D eigenvalue weighted by Crippen LogP contribution is 2.40. The Kier molecular flexibility index (Phi) is 15.8. The maximum absolute atomic E-state index is 14.1. The molecule has 1 unspecified atom stereocenters. The summed E-state index contributed by atoms with van der Waals surface area (Å²) in [7, 11) is 0. The van der Waals surface area contributed by atoms with Crippen LogP contribution in [0.4, 0.5) is 5.82 Å². The number of hydrogen-bond donors (Lipinski definition) is 6. The average Bonchev–Trinajstić information content (AvgIpc) is 4.12. The summed E-state index contributed by atoms with van der Waals surface area (Å²) in [4.78, 5) is 74.9. The van der Waals surface area contributed by atoms with E-state index in [1.165, 1.54) is 4.90 Å². The van der Waals surface area contributed by atoms with Gasteiger partial charge < -0.3 is 42.2 Å². The number of aliphatic hydroxyl groups excluding tert-OH is 1. The molecule has 3 atom stereocenters. The van der Waals surface area contributed by atoms with E-state index in [0.717, 1.165) is 69.0 Å². The van der Waals surface area contributed by atoms with Crippen molar-refractivity contribution in [3.05, 3.63) is 131 Å². The number of benzene rings is 3. The van der Waals surface area contributed by atoms with Gasteiger partial charge >= 0.3 is 0 Å². The number of aryl methyl sites for hydroxylation is 1. The lowest BCUT2D eigenvalue weighted by atomic mass is 9.73. The number of carbonyl (C=O) groups excluding carboxylic acids is 4. The van der Waals surface area contributed by atoms with Crippen LogP contribution in [0, 0.1) is 12.3 Å². The van der Waals surface area contributed by atoms with Gasteiger partial charge in [-0.1, -0.05) is 75.4 Å². The van der Waals surface area contributed by atoms with Crippen molar-refractivity contribution in [2.75, 3.05) is 32.0 Å². The fraction of sp³-hybridized carbons (Fsp3) is 0.368. The van der Waals surface area contributed by atoms with E-state index >= 15 is 0 Å². The Labute approximate surface area is 440 Å². The molecule has 3 aromatic carbocycles. The highest BCUT2D eigenvalue weighted by atomic mass is 32.1. The summed E-state index contributed by atoms with van der Waals surface area (Å²) < 4.78 is 7.69. The third-order valence-corrected chi connectivity index (χ3v) is 15.1. The number of fused-ring (bicyclic) bond motifs is 1. The number of nitrogens with two attached hydrogens (primary N) is 2. The van der Waals surface area contributed by atoms with Crippen molar-refractivity contribution in [3.8, 4) is 38.8 Å². The molecule has 390 valence electrons. The van der Waals surface area contributed by atoms with Gasteiger partial charge in [-0.2, -0.15) is 0 Å². The first-order valence-corrected chi connectivity index (χ1v) is 26.4. The number of carbonyl (C=O) groups is 4. The highest BCUT2D eigenvalue weighted by Gasteiger charge is 2.44. The van der Waals surface area contributed by atoms with Crippen molar-refractivity contribution in [3.63, 3.8) is 0 Å². The van der Waals surface area contributed by atoms with Crippen molar-refractivity contribution in [2.45, 2.75) is 103 Å². The Balaban J connectivity index is 0.738. The summed E-state index contributed by atoms with van der Waals surface area (Å²) in [5, 5.41) is 19.4. The van der Waals surface area contributed by atoms with Gasteiger partial charge in [0.05, 0.1) is 46.7 Å². The monoisotopic (exact) mass is 1030 g/mol. The molecular formula is C57H65N11O6S. The predicted octanol–water partition coefficient (Wildman–Crippen LogP) is 6.77. The Hall–Kier alpha value is -7.38. The second-order valence-electron chi connectivity index (χ2n) is 20.7. The van der Waals surface area contributed by atoms with Gasteiger partial charge in [0.2, 0.25) is 23.6 Å². The van der Waals surface area contributed by atoms with E-state index in [-0.39, 0.29) is 62.9 Å². The number of ether oxygens (including phenoxy) is 1. The van der Waals surface area contributed by atoms with Crippen LogP contribution in [-0.2, 0) is 42.4 Å². The van der Waals surface area contributed by atoms with E-state index in [1.807, 2.05) is 105 Å². The first-order valence-electron chi connectivity index (χ1n) is 25.5. The van der Waals surface area contributed by atoms with Gasteiger partial charge in [0.15, 0.2) is 11.5 Å². The fourth-order valence-electron chi connectivity index (χ4n) is 9.70. The standard InChI is InChI=1S/C57H65N11O6S/c1-35-49(75-34-63-35)38-13-11-37(12-14-38)32-62-54(72)46-31-42(69)33-67(46)55(73)50(56(2,3)4)66-48(71)23-29-74-28-22-47(70)60-27-21-36-8-5-9-39(30-36)44-19-20-45-53(64-44)68(52(65-45)43-10-6-26-61-51(43)58)41-17-15-40(16-18-41)57(59)24-7-25-57/h5-6,8-20,26,30,34,42,46,50,69H,7,21-25,27-29,31-33,59H2,1-4H3,(H2,58,61)(H,60,70)(H,62,72)(H,66,71)/t42-,46+,50?/m1/s1. The van der Waals surface area contributed by atoms with Gasteiger partial charge in [0, 0.05) is 61.9 Å². The highest BCUT2D eigenvalue weighted by molar-refractivity contribution is 7.13. The number of imidazole rings is 1. The van der Waals surface area contributed by atoms with Gasteiger partial charge in [-0.05, 0) is 103 Å². The Bertz CT molecular complexity index is 3180. The molecule has 18 heteroatoms. The van der Waals surface area contributed by atoms with Gasteiger partial charge in [-0.15, -0.1) is 11.3 Å². The molecule has 1 aliphatic heterocycles. The zero-order valence-corrected chi connectivity index (χ0v) is 43.7. The summed E-state index contributed by atoms with van der Waals surface area (Å²) in [6.45, 7) is 8.23. The average molecular weight is 1030 g/mol. The van der Waals surface area contributed by atoms with Crippen molar-refractivity contribution in [1.29, 1.82) is 0 Å². The largest absolute Gasteiger partial charge is 0.391 e. The normalized spacial score (nSPS) is 16.6. The number of nitrogen functional groups attached to an aromatic ring is 1. The van der Waals surface area contributed by atoms with Crippen LogP contribution in [0.2, 0.25) is 0 Å². The van der Waals surface area contributed by atoms with Crippen molar-refractivity contribution in [1.82, 2.24) is 45.4 Å². The summed E-state index contributed by atoms with van der Waals surface area (Å²) in [6, 6.07) is 30.0. The lowest BCUT2D eigenvalue weighted by Gasteiger charge is -2.38. The van der Waals surface area contributed by atoms with Crippen LogP contribution in [0.15, 0.2) is 109 Å². The number of anilines is 1. The quantitative estimate of drug-likeness (QED) is 0.0460. The number of aromatic nitrogens is 5. The molecule has 4 aromatic heterocycles. The molecule has 17 nitrogen and oxygen atoms in total. The number of β-amino-alcohol motifs (C(OH)–C–C–N with tert-alkyl or cyclic N) is 1. The SMILES string of the molecule is Cc1ncsc1-c1ccc(CNC(=O)[C@@H]2C[C@@H](O)CN2C(=O)C(NC(=O)CCOCCC(=O)NCCc2cccc(-c3ccc4nc(-c5cccnc5N)n(-c5ccc(C6(N)CCC6)cc5)c4n3)c2)C(C)(C)C)cc1. The number of thiazole rings is 1. The molecule has 4 amide bonds.